The van der Waals surface area contributed by atoms with E-state index in [4.69, 9.17) is 10.3 Å². The SMILES string of the molecule is Cc1nc(CN(C)C2CCCC2CN)no1. The molecule has 2 atom stereocenters. The molecule has 1 aromatic rings. The van der Waals surface area contributed by atoms with Crippen LogP contribution in [0.5, 0.6) is 0 Å². The highest BCUT2D eigenvalue weighted by molar-refractivity contribution is 4.89. The summed E-state index contributed by atoms with van der Waals surface area (Å²) in [6, 6.07) is 0.573. The molecule has 0 saturated heterocycles. The molecular weight excluding hydrogens is 204 g/mol. The molecule has 5 heteroatoms. The third-order valence-electron chi connectivity index (χ3n) is 3.45. The molecule has 0 aliphatic heterocycles. The highest BCUT2D eigenvalue weighted by Crippen LogP contribution is 2.28. The van der Waals surface area contributed by atoms with Gasteiger partial charge < -0.3 is 10.3 Å². The van der Waals surface area contributed by atoms with Gasteiger partial charge in [-0.05, 0) is 32.4 Å². The Morgan fingerprint density at radius 3 is 2.94 bits per heavy atom. The minimum atomic E-state index is 0.573. The molecule has 0 amide bonds. The summed E-state index contributed by atoms with van der Waals surface area (Å²) in [6.07, 6.45) is 3.76. The van der Waals surface area contributed by atoms with E-state index in [2.05, 4.69) is 22.1 Å². The van der Waals surface area contributed by atoms with Crippen molar-refractivity contribution in [1.29, 1.82) is 0 Å². The fourth-order valence-electron chi connectivity index (χ4n) is 2.62. The van der Waals surface area contributed by atoms with E-state index in [0.717, 1.165) is 18.9 Å². The van der Waals surface area contributed by atoms with Crippen molar-refractivity contribution in [3.63, 3.8) is 0 Å². The van der Waals surface area contributed by atoms with Crippen LogP contribution in [0.15, 0.2) is 4.52 Å². The first-order valence-corrected chi connectivity index (χ1v) is 5.90. The van der Waals surface area contributed by atoms with Crippen molar-refractivity contribution in [2.75, 3.05) is 13.6 Å². The number of hydrogen-bond donors (Lipinski definition) is 1. The average molecular weight is 224 g/mol. The highest BCUT2D eigenvalue weighted by Gasteiger charge is 2.29. The van der Waals surface area contributed by atoms with E-state index in [0.29, 0.717) is 17.9 Å². The number of hydrogen-bond acceptors (Lipinski definition) is 5. The average Bonchev–Trinajstić information content (AvgIpc) is 2.86. The predicted octanol–water partition coefficient (Wildman–Crippen LogP) is 0.937. The number of aromatic nitrogens is 2. The third kappa shape index (κ3) is 2.41. The zero-order valence-corrected chi connectivity index (χ0v) is 10.0. The van der Waals surface area contributed by atoms with Gasteiger partial charge in [-0.25, -0.2) is 0 Å². The van der Waals surface area contributed by atoms with Gasteiger partial charge in [0, 0.05) is 13.0 Å². The second-order valence-corrected chi connectivity index (χ2v) is 4.64. The van der Waals surface area contributed by atoms with Gasteiger partial charge in [-0.1, -0.05) is 11.6 Å². The maximum absolute atomic E-state index is 5.78. The molecule has 1 aromatic heterocycles. The summed E-state index contributed by atoms with van der Waals surface area (Å²) < 4.78 is 4.97. The zero-order valence-electron chi connectivity index (χ0n) is 10.0. The van der Waals surface area contributed by atoms with Crippen molar-refractivity contribution in [3.05, 3.63) is 11.7 Å². The summed E-state index contributed by atoms with van der Waals surface area (Å²) in [5.41, 5.74) is 5.78. The van der Waals surface area contributed by atoms with Crippen LogP contribution in [0.1, 0.15) is 31.0 Å². The largest absolute Gasteiger partial charge is 0.340 e. The fraction of sp³-hybridized carbons (Fsp3) is 0.818. The highest BCUT2D eigenvalue weighted by atomic mass is 16.5. The van der Waals surface area contributed by atoms with Gasteiger partial charge in [-0.2, -0.15) is 4.98 Å². The van der Waals surface area contributed by atoms with E-state index in [-0.39, 0.29) is 0 Å². The molecule has 0 aromatic carbocycles. The predicted molar refractivity (Wildman–Crippen MR) is 60.7 cm³/mol. The van der Waals surface area contributed by atoms with Gasteiger partial charge in [0.25, 0.3) is 0 Å². The molecule has 2 rings (SSSR count). The van der Waals surface area contributed by atoms with Gasteiger partial charge in [0.2, 0.25) is 5.89 Å². The summed E-state index contributed by atoms with van der Waals surface area (Å²) in [5.74, 6) is 2.02. The molecule has 1 heterocycles. The topological polar surface area (TPSA) is 68.2 Å². The number of nitrogens with two attached hydrogens (primary N) is 1. The molecular formula is C11H20N4O. The van der Waals surface area contributed by atoms with Crippen LogP contribution in [0.4, 0.5) is 0 Å². The molecule has 0 spiro atoms. The standard InChI is InChI=1S/C11H20N4O/c1-8-13-11(14-16-8)7-15(2)10-5-3-4-9(10)6-12/h9-10H,3-7,12H2,1-2H3. The Bertz CT molecular complexity index is 338. The van der Waals surface area contributed by atoms with Crippen molar-refractivity contribution < 1.29 is 4.52 Å². The number of rotatable bonds is 4. The van der Waals surface area contributed by atoms with Crippen molar-refractivity contribution in [3.8, 4) is 0 Å². The summed E-state index contributed by atoms with van der Waals surface area (Å²) >= 11 is 0. The number of nitrogens with zero attached hydrogens (tertiary/aromatic N) is 3. The Morgan fingerprint density at radius 2 is 2.31 bits per heavy atom. The molecule has 1 fully saturated rings. The first kappa shape index (κ1) is 11.5. The molecule has 0 bridgehead atoms. The maximum Gasteiger partial charge on any atom is 0.223 e. The molecule has 2 unspecified atom stereocenters. The van der Waals surface area contributed by atoms with Crippen LogP contribution in [0.3, 0.4) is 0 Å². The van der Waals surface area contributed by atoms with E-state index in [1.165, 1.54) is 19.3 Å². The Labute approximate surface area is 96.0 Å². The minimum absolute atomic E-state index is 0.573. The van der Waals surface area contributed by atoms with Crippen LogP contribution in [-0.2, 0) is 6.54 Å². The monoisotopic (exact) mass is 224 g/mol. The Kier molecular flexibility index (Phi) is 3.56. The minimum Gasteiger partial charge on any atom is -0.340 e. The summed E-state index contributed by atoms with van der Waals surface area (Å²) in [5, 5.41) is 3.92. The van der Waals surface area contributed by atoms with Gasteiger partial charge in [-0.15, -0.1) is 0 Å². The zero-order chi connectivity index (χ0) is 11.5. The molecule has 2 N–H and O–H groups in total. The molecule has 16 heavy (non-hydrogen) atoms. The summed E-state index contributed by atoms with van der Waals surface area (Å²) in [4.78, 5) is 6.52. The van der Waals surface area contributed by atoms with E-state index in [1.54, 1.807) is 0 Å². The van der Waals surface area contributed by atoms with Gasteiger partial charge in [0.15, 0.2) is 5.82 Å². The first-order chi connectivity index (χ1) is 7.70. The lowest BCUT2D eigenvalue weighted by Gasteiger charge is -2.27. The smallest absolute Gasteiger partial charge is 0.223 e. The van der Waals surface area contributed by atoms with E-state index in [1.807, 2.05) is 6.92 Å². The summed E-state index contributed by atoms with van der Waals surface area (Å²) in [7, 11) is 2.12. The van der Waals surface area contributed by atoms with Crippen LogP contribution in [0, 0.1) is 12.8 Å². The van der Waals surface area contributed by atoms with Gasteiger partial charge in [0.05, 0.1) is 6.54 Å². The Balaban J connectivity index is 1.94. The lowest BCUT2D eigenvalue weighted by Crippen LogP contribution is -2.37. The van der Waals surface area contributed by atoms with Gasteiger partial charge in [0.1, 0.15) is 0 Å². The quantitative estimate of drug-likeness (QED) is 0.824. The van der Waals surface area contributed by atoms with Gasteiger partial charge in [-0.3, -0.25) is 4.90 Å². The molecule has 0 radical (unpaired) electrons. The maximum atomic E-state index is 5.78. The first-order valence-electron chi connectivity index (χ1n) is 5.90. The van der Waals surface area contributed by atoms with Crippen LogP contribution in [-0.4, -0.2) is 34.7 Å². The van der Waals surface area contributed by atoms with E-state index >= 15 is 0 Å². The van der Waals surface area contributed by atoms with Crippen LogP contribution in [0.2, 0.25) is 0 Å². The van der Waals surface area contributed by atoms with Crippen molar-refractivity contribution in [1.82, 2.24) is 15.0 Å². The molecule has 1 aliphatic carbocycles. The Morgan fingerprint density at radius 1 is 1.50 bits per heavy atom. The lowest BCUT2D eigenvalue weighted by atomic mass is 10.0. The van der Waals surface area contributed by atoms with E-state index in [9.17, 15) is 0 Å². The van der Waals surface area contributed by atoms with Crippen molar-refractivity contribution in [2.45, 2.75) is 38.8 Å². The normalized spacial score (nSPS) is 25.5. The van der Waals surface area contributed by atoms with Crippen LogP contribution < -0.4 is 5.73 Å². The molecule has 90 valence electrons. The molecule has 1 aliphatic rings. The summed E-state index contributed by atoms with van der Waals surface area (Å²) in [6.45, 7) is 3.34. The second kappa shape index (κ2) is 4.93. The van der Waals surface area contributed by atoms with Crippen molar-refractivity contribution in [2.24, 2.45) is 11.7 Å². The Hall–Kier alpha value is -0.940. The molecule has 5 nitrogen and oxygen atoms in total. The van der Waals surface area contributed by atoms with Crippen molar-refractivity contribution >= 4 is 0 Å². The van der Waals surface area contributed by atoms with Gasteiger partial charge >= 0.3 is 0 Å². The second-order valence-electron chi connectivity index (χ2n) is 4.64. The fourth-order valence-corrected chi connectivity index (χ4v) is 2.62. The molecule has 1 saturated carbocycles. The number of aryl methyl sites for hydroxylation is 1. The van der Waals surface area contributed by atoms with Crippen LogP contribution in [0.25, 0.3) is 0 Å². The third-order valence-corrected chi connectivity index (χ3v) is 3.45. The van der Waals surface area contributed by atoms with Crippen LogP contribution >= 0.6 is 0 Å². The lowest BCUT2D eigenvalue weighted by molar-refractivity contribution is 0.186. The van der Waals surface area contributed by atoms with E-state index < -0.39 is 0 Å².